The van der Waals surface area contributed by atoms with Crippen LogP contribution in [-0.2, 0) is 0 Å². The lowest BCUT2D eigenvalue weighted by Gasteiger charge is -1.95. The summed E-state index contributed by atoms with van der Waals surface area (Å²) in [5.74, 6) is 0. The van der Waals surface area contributed by atoms with E-state index in [1.807, 2.05) is 30.8 Å². The van der Waals surface area contributed by atoms with Gasteiger partial charge in [0, 0.05) is 24.8 Å². The first-order chi connectivity index (χ1) is 8.69. The van der Waals surface area contributed by atoms with Crippen molar-refractivity contribution in [1.29, 1.82) is 0 Å². The van der Waals surface area contributed by atoms with Gasteiger partial charge in [0.15, 0.2) is 8.64 Å². The van der Waals surface area contributed by atoms with Crippen molar-refractivity contribution in [3.05, 3.63) is 36.9 Å². The number of hydrogen-bond donors (Lipinski definition) is 0. The molecule has 0 spiro atoms. The smallest absolute Gasteiger partial charge is 0.164 e. The van der Waals surface area contributed by atoms with Crippen LogP contribution in [0.1, 0.15) is 0 Å². The molecule has 0 N–H and O–H groups in total. The van der Waals surface area contributed by atoms with Crippen LogP contribution in [0.2, 0.25) is 0 Å². The van der Waals surface area contributed by atoms with Crippen molar-refractivity contribution in [3.63, 3.8) is 0 Å². The van der Waals surface area contributed by atoms with Crippen molar-refractivity contribution in [2.75, 3.05) is 6.26 Å². The fourth-order valence-corrected chi connectivity index (χ4v) is 1.95. The highest BCUT2D eigenvalue weighted by Gasteiger charge is 1.94. The van der Waals surface area contributed by atoms with E-state index in [4.69, 9.17) is 24.4 Å². The van der Waals surface area contributed by atoms with E-state index in [0.717, 1.165) is 8.64 Å². The Morgan fingerprint density at radius 1 is 1.06 bits per heavy atom. The summed E-state index contributed by atoms with van der Waals surface area (Å²) in [7, 11) is 2.48. The van der Waals surface area contributed by atoms with Crippen molar-refractivity contribution in [1.82, 2.24) is 19.6 Å². The maximum Gasteiger partial charge on any atom is 0.164 e. The number of hydrogen-bond acceptors (Lipinski definition) is 6. The predicted molar refractivity (Wildman–Crippen MR) is 91.3 cm³/mol. The molecule has 1 atom stereocenters. The highest BCUT2D eigenvalue weighted by Crippen LogP contribution is 2.13. The van der Waals surface area contributed by atoms with Gasteiger partial charge in [-0.3, -0.25) is 0 Å². The molecule has 2 rings (SSSR count). The fraction of sp³-hybridized carbons (Fsp3) is 0.111. The first-order valence-electron chi connectivity index (χ1n) is 4.67. The summed E-state index contributed by atoms with van der Waals surface area (Å²) in [6.07, 6.45) is 9.00. The lowest BCUT2D eigenvalue weighted by Crippen LogP contribution is -2.03. The largest absolute Gasteiger partial charge is 0.224 e. The van der Waals surface area contributed by atoms with Crippen LogP contribution in [0.3, 0.4) is 0 Å². The molecule has 18 heavy (non-hydrogen) atoms. The third-order valence-electron chi connectivity index (χ3n) is 1.66. The third kappa shape index (κ3) is 5.16. The van der Waals surface area contributed by atoms with Crippen LogP contribution in [0.15, 0.2) is 36.9 Å². The standard InChI is InChI=1S/C5H6N2S2.C4H5N2PS2/c1-9-5(8)7-4-2-3-6-7;7-9-4(8)6-3-1-2-5-6/h2-4H,1H3;1-3H,7H2. The second-order valence-electron chi connectivity index (χ2n) is 2.76. The minimum Gasteiger partial charge on any atom is -0.224 e. The van der Waals surface area contributed by atoms with Crippen molar-refractivity contribution in [2.24, 2.45) is 0 Å². The van der Waals surface area contributed by atoms with E-state index < -0.39 is 0 Å². The maximum atomic E-state index is 4.94. The molecule has 0 amide bonds. The van der Waals surface area contributed by atoms with Gasteiger partial charge in [-0.1, -0.05) is 56.0 Å². The summed E-state index contributed by atoms with van der Waals surface area (Å²) >= 11 is 12.8. The quantitative estimate of drug-likeness (QED) is 0.544. The Morgan fingerprint density at radius 2 is 1.56 bits per heavy atom. The van der Waals surface area contributed by atoms with E-state index in [2.05, 4.69) is 18.6 Å². The molecule has 0 saturated heterocycles. The van der Waals surface area contributed by atoms with Gasteiger partial charge in [-0.2, -0.15) is 10.2 Å². The molecule has 0 aromatic carbocycles. The molecule has 0 aliphatic carbocycles. The second kappa shape index (κ2) is 8.77. The SMILES string of the molecule is CSC(=S)n1cccn1.PSC(=S)n1cccn1. The zero-order chi connectivity index (χ0) is 13.4. The Hall–Kier alpha value is -0.270. The Balaban J connectivity index is 0.000000180. The molecular formula is C9H11N4PS4. The number of thioether (sulfide) groups is 1. The van der Waals surface area contributed by atoms with Crippen molar-refractivity contribution < 1.29 is 0 Å². The molecule has 0 bridgehead atoms. The average molecular weight is 334 g/mol. The molecule has 2 aromatic rings. The second-order valence-corrected chi connectivity index (χ2v) is 6.17. The van der Waals surface area contributed by atoms with Crippen LogP contribution in [0, 0.1) is 0 Å². The van der Waals surface area contributed by atoms with E-state index in [1.54, 1.807) is 21.8 Å². The molecule has 0 aliphatic heterocycles. The molecule has 0 radical (unpaired) electrons. The Kier molecular flexibility index (Phi) is 7.69. The predicted octanol–water partition coefficient (Wildman–Crippen LogP) is 2.92. The zero-order valence-electron chi connectivity index (χ0n) is 9.46. The monoisotopic (exact) mass is 334 g/mol. The topological polar surface area (TPSA) is 35.6 Å². The molecule has 96 valence electrons. The lowest BCUT2D eigenvalue weighted by molar-refractivity contribution is 0.964. The van der Waals surface area contributed by atoms with Crippen LogP contribution >= 0.6 is 56.0 Å². The van der Waals surface area contributed by atoms with E-state index in [-0.39, 0.29) is 0 Å². The highest BCUT2D eigenvalue weighted by molar-refractivity contribution is 8.55. The van der Waals surface area contributed by atoms with Gasteiger partial charge in [-0.15, -0.1) is 0 Å². The van der Waals surface area contributed by atoms with Gasteiger partial charge < -0.3 is 0 Å². The first kappa shape index (κ1) is 15.8. The van der Waals surface area contributed by atoms with Gasteiger partial charge in [-0.25, -0.2) is 9.36 Å². The molecule has 0 fully saturated rings. The summed E-state index contributed by atoms with van der Waals surface area (Å²) in [5.41, 5.74) is 0. The minimum atomic E-state index is 0.741. The molecule has 2 aromatic heterocycles. The molecule has 4 nitrogen and oxygen atoms in total. The minimum absolute atomic E-state index is 0.741. The van der Waals surface area contributed by atoms with E-state index >= 15 is 0 Å². The van der Waals surface area contributed by atoms with Crippen LogP contribution in [0.5, 0.6) is 0 Å². The van der Waals surface area contributed by atoms with Gasteiger partial charge in [-0.05, 0) is 18.4 Å². The van der Waals surface area contributed by atoms with Crippen LogP contribution in [0.25, 0.3) is 0 Å². The number of aromatic nitrogens is 4. The van der Waals surface area contributed by atoms with Crippen molar-refractivity contribution in [2.45, 2.75) is 0 Å². The van der Waals surface area contributed by atoms with E-state index in [9.17, 15) is 0 Å². The number of nitrogens with zero attached hydrogens (tertiary/aromatic N) is 4. The van der Waals surface area contributed by atoms with E-state index in [1.165, 1.54) is 23.1 Å². The molecule has 0 saturated carbocycles. The van der Waals surface area contributed by atoms with Gasteiger partial charge in [0.05, 0.1) is 0 Å². The Morgan fingerprint density at radius 3 is 1.89 bits per heavy atom. The Labute approximate surface area is 127 Å². The average Bonchev–Trinajstić information content (AvgIpc) is 3.09. The molecule has 0 aliphatic rings. The summed E-state index contributed by atoms with van der Waals surface area (Å²) in [6.45, 7) is 0. The summed E-state index contributed by atoms with van der Waals surface area (Å²) < 4.78 is 4.83. The van der Waals surface area contributed by atoms with Crippen LogP contribution < -0.4 is 0 Å². The van der Waals surface area contributed by atoms with Crippen molar-refractivity contribution in [3.8, 4) is 0 Å². The normalized spacial score (nSPS) is 9.44. The third-order valence-corrected chi connectivity index (χ3v) is 4.93. The lowest BCUT2D eigenvalue weighted by atomic mass is 10.8. The number of thiocarbonyl (C=S) groups is 2. The van der Waals surface area contributed by atoms with Crippen LogP contribution in [0.4, 0.5) is 0 Å². The van der Waals surface area contributed by atoms with Crippen molar-refractivity contribution >= 4 is 64.7 Å². The molecular weight excluding hydrogens is 323 g/mol. The summed E-state index contributed by atoms with van der Waals surface area (Å²) in [6, 6.07) is 3.69. The van der Waals surface area contributed by atoms with Gasteiger partial charge >= 0.3 is 0 Å². The van der Waals surface area contributed by atoms with E-state index in [0.29, 0.717) is 0 Å². The fourth-order valence-electron chi connectivity index (χ4n) is 0.901. The highest BCUT2D eigenvalue weighted by atomic mass is 32.7. The van der Waals surface area contributed by atoms with Crippen LogP contribution in [-0.4, -0.2) is 34.5 Å². The summed E-state index contributed by atoms with van der Waals surface area (Å²) in [4.78, 5) is 0. The summed E-state index contributed by atoms with van der Waals surface area (Å²) in [5, 5.41) is 7.87. The molecule has 1 unspecified atom stereocenters. The molecule has 2 heterocycles. The van der Waals surface area contributed by atoms with Gasteiger partial charge in [0.2, 0.25) is 0 Å². The number of rotatable bonds is 0. The Bertz CT molecular complexity index is 436. The first-order valence-corrected chi connectivity index (χ1v) is 9.01. The maximum absolute atomic E-state index is 4.94. The van der Waals surface area contributed by atoms with Gasteiger partial charge in [0.25, 0.3) is 0 Å². The van der Waals surface area contributed by atoms with Gasteiger partial charge in [0.1, 0.15) is 0 Å². The molecule has 9 heteroatoms. The zero-order valence-corrected chi connectivity index (χ0v) is 13.9.